The fraction of sp³-hybridized carbons (Fsp3) is 0.333. The maximum Gasteiger partial charge on any atom is 0.260 e. The van der Waals surface area contributed by atoms with Crippen molar-refractivity contribution in [2.45, 2.75) is 6.10 Å². The summed E-state index contributed by atoms with van der Waals surface area (Å²) < 4.78 is 71.0. The second-order valence-corrected chi connectivity index (χ2v) is 4.18. The molecule has 0 saturated carbocycles. The van der Waals surface area contributed by atoms with Gasteiger partial charge in [0.25, 0.3) is 5.91 Å². The molecule has 0 radical (unpaired) electrons. The standard InChI is InChI=1S/C12H7F5N2O2/c13-7-6(8(14)10(16)11(17)9(7)15)12(20)19-1-2-21-5(3-18)4-19/h5H,1-2,4H2. The summed E-state index contributed by atoms with van der Waals surface area (Å²) in [5.74, 6) is -12.5. The van der Waals surface area contributed by atoms with Crippen molar-refractivity contribution in [3.63, 3.8) is 0 Å². The molecule has 1 aliphatic rings. The van der Waals surface area contributed by atoms with Crippen molar-refractivity contribution in [2.24, 2.45) is 0 Å². The summed E-state index contributed by atoms with van der Waals surface area (Å²) in [7, 11) is 0. The van der Waals surface area contributed by atoms with E-state index >= 15 is 0 Å². The summed E-state index contributed by atoms with van der Waals surface area (Å²) in [5.41, 5.74) is -1.54. The van der Waals surface area contributed by atoms with Crippen molar-refractivity contribution in [3.05, 3.63) is 34.6 Å². The molecule has 1 aliphatic heterocycles. The highest BCUT2D eigenvalue weighted by molar-refractivity contribution is 5.95. The number of carbonyl (C=O) groups excluding carboxylic acids is 1. The number of rotatable bonds is 1. The molecule has 1 unspecified atom stereocenters. The van der Waals surface area contributed by atoms with Crippen molar-refractivity contribution < 1.29 is 31.5 Å². The first-order valence-corrected chi connectivity index (χ1v) is 5.70. The molecule has 4 nitrogen and oxygen atoms in total. The SMILES string of the molecule is N#CC1CN(C(=O)c2c(F)c(F)c(F)c(F)c2F)CCO1. The van der Waals surface area contributed by atoms with Gasteiger partial charge in [-0.3, -0.25) is 4.79 Å². The lowest BCUT2D eigenvalue weighted by Crippen LogP contribution is -2.45. The number of hydrogen-bond acceptors (Lipinski definition) is 3. The third-order valence-corrected chi connectivity index (χ3v) is 2.92. The molecule has 1 amide bonds. The van der Waals surface area contributed by atoms with Crippen molar-refractivity contribution >= 4 is 5.91 Å². The van der Waals surface area contributed by atoms with Gasteiger partial charge < -0.3 is 9.64 Å². The van der Waals surface area contributed by atoms with Crippen LogP contribution in [0.5, 0.6) is 0 Å². The zero-order valence-electron chi connectivity index (χ0n) is 10.3. The number of nitriles is 1. The zero-order valence-corrected chi connectivity index (χ0v) is 10.3. The maximum absolute atomic E-state index is 13.5. The Bertz CT molecular complexity index is 615. The molecule has 0 aliphatic carbocycles. The summed E-state index contributed by atoms with van der Waals surface area (Å²) in [6.45, 7) is -0.537. The lowest BCUT2D eigenvalue weighted by atomic mass is 10.1. The second kappa shape index (κ2) is 5.65. The number of ether oxygens (including phenoxy) is 1. The van der Waals surface area contributed by atoms with Gasteiger partial charge >= 0.3 is 0 Å². The van der Waals surface area contributed by atoms with Crippen molar-refractivity contribution in [1.82, 2.24) is 4.90 Å². The van der Waals surface area contributed by atoms with Gasteiger partial charge in [-0.25, -0.2) is 22.0 Å². The highest BCUT2D eigenvalue weighted by Crippen LogP contribution is 2.24. The van der Waals surface area contributed by atoms with Crippen LogP contribution in [0.2, 0.25) is 0 Å². The number of hydrogen-bond donors (Lipinski definition) is 0. The number of nitrogens with zero attached hydrogens (tertiary/aromatic N) is 2. The molecule has 1 atom stereocenters. The normalized spacial score (nSPS) is 18.5. The van der Waals surface area contributed by atoms with E-state index in [1.54, 1.807) is 6.07 Å². The minimum Gasteiger partial charge on any atom is -0.360 e. The fourth-order valence-corrected chi connectivity index (χ4v) is 1.86. The number of benzene rings is 1. The Kier molecular flexibility index (Phi) is 4.09. The van der Waals surface area contributed by atoms with E-state index in [2.05, 4.69) is 0 Å². The molecule has 1 fully saturated rings. The Labute approximate surface area is 115 Å². The molecule has 1 aromatic rings. The van der Waals surface area contributed by atoms with Gasteiger partial charge in [0.15, 0.2) is 29.4 Å². The van der Waals surface area contributed by atoms with Gasteiger partial charge in [-0.2, -0.15) is 5.26 Å². The lowest BCUT2D eigenvalue weighted by Gasteiger charge is -2.30. The first kappa shape index (κ1) is 15.2. The first-order chi connectivity index (χ1) is 9.88. The smallest absolute Gasteiger partial charge is 0.260 e. The summed E-state index contributed by atoms with van der Waals surface area (Å²) in [6.07, 6.45) is -1.02. The molecule has 0 bridgehead atoms. The van der Waals surface area contributed by atoms with E-state index in [0.717, 1.165) is 4.90 Å². The van der Waals surface area contributed by atoms with Crippen LogP contribution in [0.1, 0.15) is 10.4 Å². The van der Waals surface area contributed by atoms with Gasteiger partial charge in [0, 0.05) is 6.54 Å². The minimum absolute atomic E-state index is 0.0840. The predicted molar refractivity (Wildman–Crippen MR) is 57.5 cm³/mol. The van der Waals surface area contributed by atoms with Crippen LogP contribution in [-0.2, 0) is 4.74 Å². The third-order valence-electron chi connectivity index (χ3n) is 2.92. The topological polar surface area (TPSA) is 53.3 Å². The molecule has 0 N–H and O–H groups in total. The molecule has 1 heterocycles. The Balaban J connectivity index is 2.43. The molecule has 1 saturated heterocycles. The van der Waals surface area contributed by atoms with Crippen LogP contribution in [0.15, 0.2) is 0 Å². The molecule has 112 valence electrons. The predicted octanol–water partition coefficient (Wildman–Crippen LogP) is 1.75. The Morgan fingerprint density at radius 1 is 1.10 bits per heavy atom. The van der Waals surface area contributed by atoms with Crippen molar-refractivity contribution in [3.8, 4) is 6.07 Å². The van der Waals surface area contributed by atoms with Crippen LogP contribution in [0, 0.1) is 40.4 Å². The largest absolute Gasteiger partial charge is 0.360 e. The molecule has 21 heavy (non-hydrogen) atoms. The van der Waals surface area contributed by atoms with E-state index in [4.69, 9.17) is 10.00 Å². The first-order valence-electron chi connectivity index (χ1n) is 5.70. The Hall–Kier alpha value is -2.21. The summed E-state index contributed by atoms with van der Waals surface area (Å²) in [4.78, 5) is 12.7. The number of morpholine rings is 1. The molecule has 0 spiro atoms. The average molecular weight is 306 g/mol. The number of halogens is 5. The van der Waals surface area contributed by atoms with Crippen LogP contribution >= 0.6 is 0 Å². The van der Waals surface area contributed by atoms with E-state index < -0.39 is 46.7 Å². The number of amides is 1. The Morgan fingerprint density at radius 3 is 2.14 bits per heavy atom. The average Bonchev–Trinajstić information content (AvgIpc) is 2.51. The van der Waals surface area contributed by atoms with Gasteiger partial charge in [0.05, 0.1) is 19.2 Å². The second-order valence-electron chi connectivity index (χ2n) is 4.18. The summed E-state index contributed by atoms with van der Waals surface area (Å²) >= 11 is 0. The lowest BCUT2D eigenvalue weighted by molar-refractivity contribution is 0.00292. The maximum atomic E-state index is 13.5. The van der Waals surface area contributed by atoms with Crippen molar-refractivity contribution in [2.75, 3.05) is 19.7 Å². The monoisotopic (exact) mass is 306 g/mol. The molecular weight excluding hydrogens is 299 g/mol. The molecule has 2 rings (SSSR count). The molecule has 1 aromatic carbocycles. The van der Waals surface area contributed by atoms with Gasteiger partial charge in [-0.1, -0.05) is 0 Å². The van der Waals surface area contributed by atoms with E-state index in [0.29, 0.717) is 0 Å². The summed E-state index contributed by atoms with van der Waals surface area (Å²) in [5, 5.41) is 8.66. The molecule has 9 heteroatoms. The van der Waals surface area contributed by atoms with Crippen molar-refractivity contribution in [1.29, 1.82) is 5.26 Å². The fourth-order valence-electron chi connectivity index (χ4n) is 1.86. The van der Waals surface area contributed by atoms with Crippen LogP contribution in [0.25, 0.3) is 0 Å². The number of carbonyl (C=O) groups is 1. The summed E-state index contributed by atoms with van der Waals surface area (Å²) in [6, 6.07) is 1.69. The van der Waals surface area contributed by atoms with E-state index in [1.807, 2.05) is 0 Å². The molecular formula is C12H7F5N2O2. The van der Waals surface area contributed by atoms with Gasteiger partial charge in [-0.15, -0.1) is 0 Å². The van der Waals surface area contributed by atoms with Crippen LogP contribution in [-0.4, -0.2) is 36.6 Å². The highest BCUT2D eigenvalue weighted by atomic mass is 19.2. The van der Waals surface area contributed by atoms with E-state index in [-0.39, 0.29) is 19.7 Å². The van der Waals surface area contributed by atoms with Gasteiger partial charge in [-0.05, 0) is 0 Å². The van der Waals surface area contributed by atoms with Crippen LogP contribution in [0.3, 0.4) is 0 Å². The minimum atomic E-state index is -2.33. The van der Waals surface area contributed by atoms with Gasteiger partial charge in [0.1, 0.15) is 5.56 Å². The van der Waals surface area contributed by atoms with Crippen LogP contribution < -0.4 is 0 Å². The third kappa shape index (κ3) is 2.54. The highest BCUT2D eigenvalue weighted by Gasteiger charge is 2.34. The van der Waals surface area contributed by atoms with Gasteiger partial charge in [0.2, 0.25) is 5.82 Å². The Morgan fingerprint density at radius 2 is 1.62 bits per heavy atom. The quantitative estimate of drug-likeness (QED) is 0.451. The van der Waals surface area contributed by atoms with Crippen LogP contribution in [0.4, 0.5) is 22.0 Å². The zero-order chi connectivity index (χ0) is 15.7. The van der Waals surface area contributed by atoms with E-state index in [9.17, 15) is 26.7 Å². The molecule has 0 aromatic heterocycles. The van der Waals surface area contributed by atoms with E-state index in [1.165, 1.54) is 0 Å².